The second-order valence-corrected chi connectivity index (χ2v) is 3.18. The summed E-state index contributed by atoms with van der Waals surface area (Å²) in [6.45, 7) is 0.0835. The summed E-state index contributed by atoms with van der Waals surface area (Å²) in [6, 6.07) is 5.66. The van der Waals surface area contributed by atoms with Gasteiger partial charge in [-0.15, -0.1) is 11.8 Å². The van der Waals surface area contributed by atoms with Gasteiger partial charge in [-0.05, 0) is 24.0 Å². The Kier molecular flexibility index (Phi) is 3.44. The van der Waals surface area contributed by atoms with Crippen LogP contribution in [0.5, 0.6) is 5.75 Å². The van der Waals surface area contributed by atoms with Crippen molar-refractivity contribution in [1.29, 1.82) is 0 Å². The lowest BCUT2D eigenvalue weighted by molar-refractivity contribution is 0.278. The molecule has 0 fully saturated rings. The smallest absolute Gasteiger partial charge is 0.119 e. The first-order chi connectivity index (χ1) is 5.81. The number of benzene rings is 1. The van der Waals surface area contributed by atoms with Crippen LogP contribution < -0.4 is 4.74 Å². The highest BCUT2D eigenvalue weighted by atomic mass is 32.2. The van der Waals surface area contributed by atoms with E-state index in [0.717, 1.165) is 16.2 Å². The van der Waals surface area contributed by atoms with Gasteiger partial charge in [-0.2, -0.15) is 0 Å². The lowest BCUT2D eigenvalue weighted by Gasteiger charge is -2.06. The topological polar surface area (TPSA) is 29.5 Å². The van der Waals surface area contributed by atoms with Crippen LogP contribution in [0.3, 0.4) is 0 Å². The van der Waals surface area contributed by atoms with Crippen LogP contribution in [0.15, 0.2) is 23.1 Å². The third kappa shape index (κ3) is 1.93. The van der Waals surface area contributed by atoms with Gasteiger partial charge < -0.3 is 9.84 Å². The second-order valence-electron chi connectivity index (χ2n) is 2.34. The number of ether oxygens (including phenoxy) is 1. The molecule has 0 saturated heterocycles. The van der Waals surface area contributed by atoms with Gasteiger partial charge in [0.2, 0.25) is 0 Å². The monoisotopic (exact) mass is 184 g/mol. The van der Waals surface area contributed by atoms with E-state index >= 15 is 0 Å². The van der Waals surface area contributed by atoms with Crippen molar-refractivity contribution in [1.82, 2.24) is 0 Å². The van der Waals surface area contributed by atoms with Crippen LogP contribution in [0.4, 0.5) is 0 Å². The predicted molar refractivity (Wildman–Crippen MR) is 50.7 cm³/mol. The van der Waals surface area contributed by atoms with E-state index in [1.165, 1.54) is 0 Å². The molecule has 1 N–H and O–H groups in total. The molecule has 0 bridgehead atoms. The lowest BCUT2D eigenvalue weighted by Crippen LogP contribution is -1.89. The molecule has 0 unspecified atom stereocenters. The molecule has 0 saturated carbocycles. The molecule has 0 spiro atoms. The molecule has 12 heavy (non-hydrogen) atoms. The van der Waals surface area contributed by atoms with Crippen molar-refractivity contribution < 1.29 is 9.84 Å². The summed E-state index contributed by atoms with van der Waals surface area (Å²) in [5, 5.41) is 8.96. The minimum Gasteiger partial charge on any atom is -0.497 e. The highest BCUT2D eigenvalue weighted by molar-refractivity contribution is 7.98. The molecule has 3 heteroatoms. The van der Waals surface area contributed by atoms with Crippen LogP contribution >= 0.6 is 11.8 Å². The SMILES string of the molecule is COc1ccc(CO)c(SC)c1. The Hall–Kier alpha value is -0.670. The fourth-order valence-electron chi connectivity index (χ4n) is 0.982. The molecule has 66 valence electrons. The quantitative estimate of drug-likeness (QED) is 0.728. The summed E-state index contributed by atoms with van der Waals surface area (Å²) < 4.78 is 5.06. The van der Waals surface area contributed by atoms with Crippen molar-refractivity contribution in [3.05, 3.63) is 23.8 Å². The maximum atomic E-state index is 8.96. The number of methoxy groups -OCH3 is 1. The van der Waals surface area contributed by atoms with Gasteiger partial charge in [-0.25, -0.2) is 0 Å². The standard InChI is InChI=1S/C9H12O2S/c1-11-8-4-3-7(6-10)9(5-8)12-2/h3-5,10H,6H2,1-2H3. The maximum Gasteiger partial charge on any atom is 0.119 e. The van der Waals surface area contributed by atoms with E-state index in [1.807, 2.05) is 24.5 Å². The Morgan fingerprint density at radius 2 is 2.25 bits per heavy atom. The number of aliphatic hydroxyl groups is 1. The summed E-state index contributed by atoms with van der Waals surface area (Å²) in [4.78, 5) is 1.07. The molecule has 0 aliphatic heterocycles. The Labute approximate surface area is 76.6 Å². The molecule has 0 atom stereocenters. The van der Waals surface area contributed by atoms with E-state index in [1.54, 1.807) is 18.9 Å². The van der Waals surface area contributed by atoms with Crippen LogP contribution in [-0.2, 0) is 6.61 Å². The molecule has 0 heterocycles. The number of thioether (sulfide) groups is 1. The number of hydrogen-bond acceptors (Lipinski definition) is 3. The van der Waals surface area contributed by atoms with Crippen molar-refractivity contribution in [2.45, 2.75) is 11.5 Å². The minimum absolute atomic E-state index is 0.0835. The zero-order valence-electron chi connectivity index (χ0n) is 7.20. The van der Waals surface area contributed by atoms with Crippen molar-refractivity contribution in [3.8, 4) is 5.75 Å². The zero-order valence-corrected chi connectivity index (χ0v) is 8.02. The largest absolute Gasteiger partial charge is 0.497 e. The van der Waals surface area contributed by atoms with Crippen LogP contribution in [0.2, 0.25) is 0 Å². The molecule has 2 nitrogen and oxygen atoms in total. The number of aliphatic hydroxyl groups excluding tert-OH is 1. The maximum absolute atomic E-state index is 8.96. The Morgan fingerprint density at radius 1 is 1.50 bits per heavy atom. The Morgan fingerprint density at radius 3 is 2.75 bits per heavy atom. The summed E-state index contributed by atoms with van der Waals surface area (Å²) in [5.74, 6) is 0.830. The molecule has 0 aromatic heterocycles. The average molecular weight is 184 g/mol. The van der Waals surface area contributed by atoms with Gasteiger partial charge in [-0.1, -0.05) is 6.07 Å². The first-order valence-corrected chi connectivity index (χ1v) is 4.86. The molecule has 0 aliphatic rings. The fourth-order valence-corrected chi connectivity index (χ4v) is 1.61. The van der Waals surface area contributed by atoms with Crippen LogP contribution in [0.25, 0.3) is 0 Å². The molecular formula is C9H12O2S. The van der Waals surface area contributed by atoms with Crippen LogP contribution in [0.1, 0.15) is 5.56 Å². The van der Waals surface area contributed by atoms with Gasteiger partial charge in [0.25, 0.3) is 0 Å². The van der Waals surface area contributed by atoms with E-state index in [9.17, 15) is 0 Å². The normalized spacial score (nSPS) is 9.92. The van der Waals surface area contributed by atoms with E-state index in [-0.39, 0.29) is 6.61 Å². The van der Waals surface area contributed by atoms with Crippen molar-refractivity contribution >= 4 is 11.8 Å². The Balaban J connectivity index is 3.02. The van der Waals surface area contributed by atoms with Gasteiger partial charge in [0.15, 0.2) is 0 Å². The molecule has 1 rings (SSSR count). The molecule has 0 radical (unpaired) electrons. The first kappa shape index (κ1) is 9.42. The van der Waals surface area contributed by atoms with Crippen molar-refractivity contribution in [3.63, 3.8) is 0 Å². The summed E-state index contributed by atoms with van der Waals surface area (Å²) in [7, 11) is 1.64. The van der Waals surface area contributed by atoms with E-state index < -0.39 is 0 Å². The van der Waals surface area contributed by atoms with Crippen molar-refractivity contribution in [2.24, 2.45) is 0 Å². The second kappa shape index (κ2) is 4.38. The third-order valence-corrected chi connectivity index (χ3v) is 2.48. The Bertz CT molecular complexity index is 261. The van der Waals surface area contributed by atoms with E-state index in [0.29, 0.717) is 0 Å². The van der Waals surface area contributed by atoms with Gasteiger partial charge in [0, 0.05) is 4.90 Å². The van der Waals surface area contributed by atoms with Gasteiger partial charge in [0.1, 0.15) is 5.75 Å². The first-order valence-electron chi connectivity index (χ1n) is 3.63. The summed E-state index contributed by atoms with van der Waals surface area (Å²) in [5.41, 5.74) is 0.948. The van der Waals surface area contributed by atoms with Crippen LogP contribution in [0, 0.1) is 0 Å². The highest BCUT2D eigenvalue weighted by Crippen LogP contribution is 2.25. The summed E-state index contributed by atoms with van der Waals surface area (Å²) >= 11 is 1.61. The fraction of sp³-hybridized carbons (Fsp3) is 0.333. The molecule has 0 amide bonds. The number of rotatable bonds is 3. The lowest BCUT2D eigenvalue weighted by atomic mass is 10.2. The van der Waals surface area contributed by atoms with Crippen molar-refractivity contribution in [2.75, 3.05) is 13.4 Å². The predicted octanol–water partition coefficient (Wildman–Crippen LogP) is 1.91. The third-order valence-electron chi connectivity index (χ3n) is 1.66. The number of hydrogen-bond donors (Lipinski definition) is 1. The zero-order chi connectivity index (χ0) is 8.97. The molecule has 1 aromatic carbocycles. The van der Waals surface area contributed by atoms with E-state index in [4.69, 9.17) is 9.84 Å². The molecule has 1 aromatic rings. The van der Waals surface area contributed by atoms with Gasteiger partial charge >= 0.3 is 0 Å². The van der Waals surface area contributed by atoms with Gasteiger partial charge in [0.05, 0.1) is 13.7 Å². The molecular weight excluding hydrogens is 172 g/mol. The molecule has 0 aliphatic carbocycles. The summed E-state index contributed by atoms with van der Waals surface area (Å²) in [6.07, 6.45) is 1.98. The van der Waals surface area contributed by atoms with E-state index in [2.05, 4.69) is 0 Å². The van der Waals surface area contributed by atoms with Gasteiger partial charge in [-0.3, -0.25) is 0 Å². The van der Waals surface area contributed by atoms with Crippen LogP contribution in [-0.4, -0.2) is 18.5 Å². The average Bonchev–Trinajstić information content (AvgIpc) is 2.16. The highest BCUT2D eigenvalue weighted by Gasteiger charge is 2.01. The minimum atomic E-state index is 0.0835.